The van der Waals surface area contributed by atoms with E-state index in [4.69, 9.17) is 4.74 Å². The standard InChI is InChI=1S/C16H21FO/c1-16(2,3)12-8-10-13(11-9-12)18-15-7-5-4-6-14(15)17/h4-7,10,12H,8-9,11H2,1-3H3. The number of allylic oxidation sites excluding steroid dienone is 2. The molecule has 1 aliphatic carbocycles. The molecule has 1 nitrogen and oxygen atoms in total. The smallest absolute Gasteiger partial charge is 0.165 e. The van der Waals surface area contributed by atoms with Crippen LogP contribution in [-0.2, 0) is 0 Å². The molecule has 18 heavy (non-hydrogen) atoms. The normalized spacial score (nSPS) is 20.4. The van der Waals surface area contributed by atoms with Crippen LogP contribution in [0, 0.1) is 17.2 Å². The number of hydrogen-bond acceptors (Lipinski definition) is 1. The van der Waals surface area contributed by atoms with Crippen molar-refractivity contribution in [3.8, 4) is 5.75 Å². The van der Waals surface area contributed by atoms with Gasteiger partial charge in [-0.15, -0.1) is 0 Å². The van der Waals surface area contributed by atoms with Gasteiger partial charge in [0.1, 0.15) is 5.76 Å². The Morgan fingerprint density at radius 1 is 1.22 bits per heavy atom. The van der Waals surface area contributed by atoms with E-state index in [2.05, 4.69) is 26.8 Å². The van der Waals surface area contributed by atoms with Gasteiger partial charge in [0, 0.05) is 6.42 Å². The summed E-state index contributed by atoms with van der Waals surface area (Å²) in [6.45, 7) is 6.82. The molecule has 1 aromatic carbocycles. The molecule has 0 saturated heterocycles. The monoisotopic (exact) mass is 248 g/mol. The fourth-order valence-electron chi connectivity index (χ4n) is 2.36. The summed E-state index contributed by atoms with van der Waals surface area (Å²) in [5.74, 6) is 1.63. The van der Waals surface area contributed by atoms with E-state index in [1.54, 1.807) is 18.2 Å². The van der Waals surface area contributed by atoms with E-state index in [1.165, 1.54) is 6.07 Å². The Morgan fingerprint density at radius 3 is 2.50 bits per heavy atom. The van der Waals surface area contributed by atoms with E-state index < -0.39 is 0 Å². The van der Waals surface area contributed by atoms with Crippen molar-refractivity contribution in [1.29, 1.82) is 0 Å². The molecule has 0 N–H and O–H groups in total. The molecule has 0 spiro atoms. The van der Waals surface area contributed by atoms with Crippen molar-refractivity contribution in [2.24, 2.45) is 11.3 Å². The Kier molecular flexibility index (Phi) is 3.74. The van der Waals surface area contributed by atoms with Crippen LogP contribution in [-0.4, -0.2) is 0 Å². The third-order valence-electron chi connectivity index (χ3n) is 3.67. The Balaban J connectivity index is 2.01. The van der Waals surface area contributed by atoms with Crippen LogP contribution in [0.15, 0.2) is 36.1 Å². The van der Waals surface area contributed by atoms with Crippen molar-refractivity contribution in [2.45, 2.75) is 40.0 Å². The summed E-state index contributed by atoms with van der Waals surface area (Å²) < 4.78 is 19.1. The third kappa shape index (κ3) is 3.12. The molecule has 0 fully saturated rings. The molecule has 1 aliphatic rings. The number of rotatable bonds is 2. The highest BCUT2D eigenvalue weighted by molar-refractivity contribution is 5.26. The van der Waals surface area contributed by atoms with Gasteiger partial charge in [0.2, 0.25) is 0 Å². The van der Waals surface area contributed by atoms with Gasteiger partial charge in [0.05, 0.1) is 0 Å². The summed E-state index contributed by atoms with van der Waals surface area (Å²) in [5, 5.41) is 0. The van der Waals surface area contributed by atoms with Crippen LogP contribution in [0.25, 0.3) is 0 Å². The fraction of sp³-hybridized carbons (Fsp3) is 0.500. The Morgan fingerprint density at radius 2 is 1.94 bits per heavy atom. The van der Waals surface area contributed by atoms with Gasteiger partial charge in [-0.05, 0) is 42.4 Å². The van der Waals surface area contributed by atoms with Crippen molar-refractivity contribution in [3.63, 3.8) is 0 Å². The van der Waals surface area contributed by atoms with Crippen molar-refractivity contribution in [3.05, 3.63) is 41.9 Å². The van der Waals surface area contributed by atoms with Crippen molar-refractivity contribution >= 4 is 0 Å². The molecule has 0 bridgehead atoms. The Hall–Kier alpha value is -1.31. The maximum Gasteiger partial charge on any atom is 0.165 e. The second kappa shape index (κ2) is 5.13. The van der Waals surface area contributed by atoms with Crippen LogP contribution in [0.3, 0.4) is 0 Å². The van der Waals surface area contributed by atoms with Crippen LogP contribution in [0.4, 0.5) is 4.39 Å². The van der Waals surface area contributed by atoms with Gasteiger partial charge in [0.15, 0.2) is 11.6 Å². The number of ether oxygens (including phenoxy) is 1. The Labute approximate surface area is 109 Å². The van der Waals surface area contributed by atoms with Crippen LogP contribution in [0.5, 0.6) is 5.75 Å². The molecule has 0 radical (unpaired) electrons. The lowest BCUT2D eigenvalue weighted by atomic mass is 9.74. The summed E-state index contributed by atoms with van der Waals surface area (Å²) in [5.41, 5.74) is 0.333. The number of halogens is 1. The van der Waals surface area contributed by atoms with Gasteiger partial charge in [-0.25, -0.2) is 4.39 Å². The molecule has 0 amide bonds. The molecule has 1 aromatic rings. The second-order valence-corrected chi connectivity index (χ2v) is 6.04. The molecule has 0 heterocycles. The molecule has 0 aromatic heterocycles. The van der Waals surface area contributed by atoms with E-state index in [1.807, 2.05) is 0 Å². The van der Waals surface area contributed by atoms with Crippen molar-refractivity contribution in [2.75, 3.05) is 0 Å². The maximum absolute atomic E-state index is 13.5. The molecular weight excluding hydrogens is 227 g/mol. The van der Waals surface area contributed by atoms with Gasteiger partial charge < -0.3 is 4.74 Å². The summed E-state index contributed by atoms with van der Waals surface area (Å²) in [6, 6.07) is 6.57. The fourth-order valence-corrected chi connectivity index (χ4v) is 2.36. The highest BCUT2D eigenvalue weighted by Crippen LogP contribution is 2.37. The third-order valence-corrected chi connectivity index (χ3v) is 3.67. The predicted molar refractivity (Wildman–Crippen MR) is 71.9 cm³/mol. The van der Waals surface area contributed by atoms with Crippen molar-refractivity contribution in [1.82, 2.24) is 0 Å². The zero-order valence-electron chi connectivity index (χ0n) is 11.4. The first-order valence-electron chi connectivity index (χ1n) is 6.58. The van der Waals surface area contributed by atoms with E-state index >= 15 is 0 Å². The molecule has 1 unspecified atom stereocenters. The highest BCUT2D eigenvalue weighted by Gasteiger charge is 2.26. The molecule has 1 atom stereocenters. The van der Waals surface area contributed by atoms with E-state index in [0.29, 0.717) is 17.1 Å². The average molecular weight is 248 g/mol. The van der Waals surface area contributed by atoms with Crippen LogP contribution in [0.1, 0.15) is 40.0 Å². The summed E-state index contributed by atoms with van der Waals surface area (Å²) >= 11 is 0. The zero-order chi connectivity index (χ0) is 13.2. The zero-order valence-corrected chi connectivity index (χ0v) is 11.4. The molecule has 2 rings (SSSR count). The minimum Gasteiger partial charge on any atom is -0.459 e. The number of benzene rings is 1. The van der Waals surface area contributed by atoms with Crippen molar-refractivity contribution < 1.29 is 9.13 Å². The molecule has 98 valence electrons. The van der Waals surface area contributed by atoms with Gasteiger partial charge in [-0.3, -0.25) is 0 Å². The summed E-state index contributed by atoms with van der Waals surface area (Å²) in [4.78, 5) is 0. The van der Waals surface area contributed by atoms with Crippen LogP contribution in [0.2, 0.25) is 0 Å². The van der Waals surface area contributed by atoms with Gasteiger partial charge >= 0.3 is 0 Å². The summed E-state index contributed by atoms with van der Waals surface area (Å²) in [7, 11) is 0. The lowest BCUT2D eigenvalue weighted by Crippen LogP contribution is -2.23. The van der Waals surface area contributed by atoms with Gasteiger partial charge in [-0.2, -0.15) is 0 Å². The Bertz CT molecular complexity index is 443. The first-order valence-corrected chi connectivity index (χ1v) is 6.58. The lowest BCUT2D eigenvalue weighted by Gasteiger charge is -2.33. The second-order valence-electron chi connectivity index (χ2n) is 6.04. The number of hydrogen-bond donors (Lipinski definition) is 0. The van der Waals surface area contributed by atoms with E-state index in [9.17, 15) is 4.39 Å². The largest absolute Gasteiger partial charge is 0.459 e. The van der Waals surface area contributed by atoms with E-state index in [-0.39, 0.29) is 5.82 Å². The average Bonchev–Trinajstić information content (AvgIpc) is 2.32. The topological polar surface area (TPSA) is 9.23 Å². The van der Waals surface area contributed by atoms with Crippen LogP contribution < -0.4 is 4.74 Å². The number of para-hydroxylation sites is 1. The first kappa shape index (κ1) is 13.1. The lowest BCUT2D eigenvalue weighted by molar-refractivity contribution is 0.205. The minimum absolute atomic E-state index is 0.295. The van der Waals surface area contributed by atoms with Gasteiger partial charge in [0.25, 0.3) is 0 Å². The van der Waals surface area contributed by atoms with E-state index in [0.717, 1.165) is 25.0 Å². The minimum atomic E-state index is -0.295. The molecule has 0 aliphatic heterocycles. The highest BCUT2D eigenvalue weighted by atomic mass is 19.1. The van der Waals surface area contributed by atoms with Gasteiger partial charge in [-0.1, -0.05) is 32.9 Å². The molecule has 2 heteroatoms. The predicted octanol–water partition coefficient (Wildman–Crippen LogP) is 4.93. The quantitative estimate of drug-likeness (QED) is 0.720. The van der Waals surface area contributed by atoms with Crippen LogP contribution >= 0.6 is 0 Å². The molecular formula is C16H21FO. The molecule has 0 saturated carbocycles. The summed E-state index contributed by atoms with van der Waals surface area (Å²) in [6.07, 6.45) is 5.15. The first-order chi connectivity index (χ1) is 8.47. The SMILES string of the molecule is CC(C)(C)C1CC=C(Oc2ccccc2F)CC1. The maximum atomic E-state index is 13.5.